The standard InChI is InChI=1S/C21H41O18P3S/c1-3-5-7-9-14(22)35-11-13(36-15(23)10-8-6-4-2)12-43-42(33,34)39-19-16(24)17(25)20(37-40(27,28)29)21(18(19)26)38-41(30,31)32/h13,16-21,24-26H,3-12H2,1-2H3,(H,33,34)(H2,27,28,29)(H2,30,31,32)/p-3. The minimum atomic E-state index is -5.83. The number of carbonyl (C=O) groups excluding carboxylic acids is 2. The number of aliphatic hydroxyl groups excluding tert-OH is 3. The maximum Gasteiger partial charge on any atom is 0.306 e. The molecular formula is C21H38O18P3S-3. The van der Waals surface area contributed by atoms with Crippen LogP contribution in [-0.4, -0.2) is 92.1 Å². The first-order valence-corrected chi connectivity index (χ1v) is 19.4. The molecule has 10 atom stereocenters. The van der Waals surface area contributed by atoms with Gasteiger partial charge in [-0.05, 0) is 12.8 Å². The second-order valence-corrected chi connectivity index (χ2v) is 15.7. The molecule has 254 valence electrons. The van der Waals surface area contributed by atoms with Gasteiger partial charge in [0.2, 0.25) is 0 Å². The van der Waals surface area contributed by atoms with E-state index in [0.29, 0.717) is 12.8 Å². The molecule has 1 rings (SSSR count). The molecule has 5 N–H and O–H groups in total. The number of hydrogen-bond acceptors (Lipinski definition) is 17. The van der Waals surface area contributed by atoms with Gasteiger partial charge in [0.15, 0.2) is 6.80 Å². The molecule has 0 aromatic carbocycles. The van der Waals surface area contributed by atoms with Gasteiger partial charge >= 0.3 is 11.9 Å². The summed E-state index contributed by atoms with van der Waals surface area (Å²) < 4.78 is 58.5. The number of phosphoric acid groups is 2. The van der Waals surface area contributed by atoms with Crippen molar-refractivity contribution in [3.05, 3.63) is 0 Å². The molecule has 0 heterocycles. The quantitative estimate of drug-likeness (QED) is 0.0575. The van der Waals surface area contributed by atoms with Gasteiger partial charge in [0, 0.05) is 18.6 Å². The van der Waals surface area contributed by atoms with E-state index in [1.54, 1.807) is 0 Å². The molecule has 0 spiro atoms. The van der Waals surface area contributed by atoms with E-state index in [0.717, 1.165) is 25.7 Å². The SMILES string of the molecule is CCCCCC(=O)OCC(CSP(=O)([O-])OC1C(O)C(O)C(OP(=O)([O-])O)C(OP(=O)([O-])O)C1O)OC(=O)CCCCC. The fraction of sp³-hybridized carbons (Fsp3) is 0.905. The first-order chi connectivity index (χ1) is 19.8. The molecule has 1 fully saturated rings. The van der Waals surface area contributed by atoms with E-state index in [-0.39, 0.29) is 24.2 Å². The Balaban J connectivity index is 3.03. The molecule has 0 aliphatic heterocycles. The van der Waals surface area contributed by atoms with Gasteiger partial charge in [-0.1, -0.05) is 50.9 Å². The molecule has 22 heteroatoms. The molecule has 43 heavy (non-hydrogen) atoms. The van der Waals surface area contributed by atoms with Crippen molar-refractivity contribution in [3.63, 3.8) is 0 Å². The lowest BCUT2D eigenvalue weighted by Gasteiger charge is -2.47. The number of esters is 2. The Morgan fingerprint density at radius 2 is 1.21 bits per heavy atom. The highest BCUT2D eigenvalue weighted by atomic mass is 32.7. The van der Waals surface area contributed by atoms with E-state index in [1.807, 2.05) is 13.8 Å². The van der Waals surface area contributed by atoms with Crippen molar-refractivity contribution in [1.82, 2.24) is 0 Å². The van der Waals surface area contributed by atoms with Crippen LogP contribution in [0.5, 0.6) is 0 Å². The Morgan fingerprint density at radius 1 is 0.744 bits per heavy atom. The van der Waals surface area contributed by atoms with Crippen LogP contribution in [-0.2, 0) is 46.3 Å². The number of ether oxygens (including phenoxy) is 2. The summed E-state index contributed by atoms with van der Waals surface area (Å²) in [5.74, 6) is -1.88. The molecule has 1 aliphatic carbocycles. The molecular weight excluding hydrogens is 665 g/mol. The molecule has 18 nitrogen and oxygen atoms in total. The van der Waals surface area contributed by atoms with Gasteiger partial charge in [0.1, 0.15) is 49.3 Å². The van der Waals surface area contributed by atoms with E-state index >= 15 is 0 Å². The zero-order valence-electron chi connectivity index (χ0n) is 23.4. The first-order valence-electron chi connectivity index (χ1n) is 13.3. The van der Waals surface area contributed by atoms with Crippen LogP contribution in [0.25, 0.3) is 0 Å². The summed E-state index contributed by atoms with van der Waals surface area (Å²) in [4.78, 5) is 77.4. The highest BCUT2D eigenvalue weighted by molar-refractivity contribution is 8.54. The Hall–Kier alpha value is -0.460. The topological polar surface area (TPSA) is 302 Å². The summed E-state index contributed by atoms with van der Waals surface area (Å²) in [6, 6.07) is 0. The third kappa shape index (κ3) is 16.1. The Morgan fingerprint density at radius 3 is 1.70 bits per heavy atom. The molecule has 1 saturated carbocycles. The van der Waals surface area contributed by atoms with Crippen LogP contribution in [0.15, 0.2) is 0 Å². The summed E-state index contributed by atoms with van der Waals surface area (Å²) in [5, 5.41) is 31.1. The Bertz CT molecular complexity index is 1020. The normalized spacial score (nSPS) is 29.1. The van der Waals surface area contributed by atoms with Gasteiger partial charge in [0.25, 0.3) is 15.6 Å². The zero-order chi connectivity index (χ0) is 33.0. The monoisotopic (exact) mass is 703 g/mol. The van der Waals surface area contributed by atoms with Crippen molar-refractivity contribution in [2.24, 2.45) is 0 Å². The van der Waals surface area contributed by atoms with Gasteiger partial charge in [-0.2, -0.15) is 0 Å². The smallest absolute Gasteiger partial charge is 0.306 e. The van der Waals surface area contributed by atoms with E-state index in [2.05, 4.69) is 9.05 Å². The predicted molar refractivity (Wildman–Crippen MR) is 141 cm³/mol. The fourth-order valence-electron chi connectivity index (χ4n) is 3.85. The molecule has 0 bridgehead atoms. The summed E-state index contributed by atoms with van der Waals surface area (Å²) in [6.07, 6.45) is -12.2. The van der Waals surface area contributed by atoms with E-state index in [9.17, 15) is 53.3 Å². The second-order valence-electron chi connectivity index (χ2n) is 9.57. The van der Waals surface area contributed by atoms with Crippen LogP contribution in [0.2, 0.25) is 0 Å². The van der Waals surface area contributed by atoms with Crippen LogP contribution < -0.4 is 14.7 Å². The molecule has 10 unspecified atom stereocenters. The highest BCUT2D eigenvalue weighted by Crippen LogP contribution is 2.55. The molecule has 1 aliphatic rings. The van der Waals surface area contributed by atoms with Gasteiger partial charge in [-0.3, -0.25) is 23.3 Å². The van der Waals surface area contributed by atoms with Crippen molar-refractivity contribution < 1.29 is 86.1 Å². The highest BCUT2D eigenvalue weighted by Gasteiger charge is 2.54. The molecule has 0 aromatic rings. The molecule has 0 aromatic heterocycles. The van der Waals surface area contributed by atoms with E-state index in [4.69, 9.17) is 23.8 Å². The maximum absolute atomic E-state index is 12.8. The summed E-state index contributed by atoms with van der Waals surface area (Å²) in [5.41, 5.74) is 0. The van der Waals surface area contributed by atoms with Crippen LogP contribution >= 0.6 is 33.8 Å². The average molecular weight is 704 g/mol. The van der Waals surface area contributed by atoms with Crippen molar-refractivity contribution in [1.29, 1.82) is 0 Å². The van der Waals surface area contributed by atoms with Crippen LogP contribution in [0.4, 0.5) is 0 Å². The van der Waals surface area contributed by atoms with Crippen molar-refractivity contribution in [2.45, 2.75) is 108 Å². The minimum absolute atomic E-state index is 0.00647. The van der Waals surface area contributed by atoms with E-state index in [1.165, 1.54) is 0 Å². The predicted octanol–water partition coefficient (Wildman–Crippen LogP) is -1.02. The van der Waals surface area contributed by atoms with Crippen LogP contribution in [0.1, 0.15) is 65.2 Å². The average Bonchev–Trinajstić information content (AvgIpc) is 2.88. The lowest BCUT2D eigenvalue weighted by molar-refractivity contribution is -0.273. The van der Waals surface area contributed by atoms with E-state index < -0.39 is 89.5 Å². The van der Waals surface area contributed by atoms with Gasteiger partial charge in [0.05, 0.1) is 0 Å². The molecule has 0 saturated heterocycles. The van der Waals surface area contributed by atoms with Gasteiger partial charge in [-0.15, -0.1) is 0 Å². The van der Waals surface area contributed by atoms with Crippen LogP contribution in [0.3, 0.4) is 0 Å². The summed E-state index contributed by atoms with van der Waals surface area (Å²) in [6.45, 7) is -1.93. The summed E-state index contributed by atoms with van der Waals surface area (Å²) >= 11 is -0.0126. The van der Waals surface area contributed by atoms with Crippen LogP contribution in [0, 0.1) is 0 Å². The third-order valence-corrected chi connectivity index (χ3v) is 9.91. The minimum Gasteiger partial charge on any atom is -0.770 e. The molecule has 0 radical (unpaired) electrons. The van der Waals surface area contributed by atoms with Crippen molar-refractivity contribution in [2.75, 3.05) is 12.4 Å². The lowest BCUT2D eigenvalue weighted by atomic mass is 9.85. The lowest BCUT2D eigenvalue weighted by Crippen LogP contribution is -2.65. The fourth-order valence-corrected chi connectivity index (χ4v) is 7.61. The Kier molecular flexibility index (Phi) is 17.6. The second kappa shape index (κ2) is 18.6. The van der Waals surface area contributed by atoms with Gasteiger partial charge < -0.3 is 62.8 Å². The number of hydrogen-bond donors (Lipinski definition) is 5. The largest absolute Gasteiger partial charge is 0.770 e. The number of aliphatic hydroxyl groups is 3. The molecule has 0 amide bonds. The third-order valence-electron chi connectivity index (χ3n) is 5.90. The maximum atomic E-state index is 12.8. The van der Waals surface area contributed by atoms with Crippen molar-refractivity contribution in [3.8, 4) is 0 Å². The summed E-state index contributed by atoms with van der Waals surface area (Å²) in [7, 11) is -11.6. The first kappa shape index (κ1) is 40.6. The van der Waals surface area contributed by atoms with Crippen molar-refractivity contribution >= 4 is 45.8 Å². The van der Waals surface area contributed by atoms with Gasteiger partial charge in [-0.25, -0.2) is 0 Å². The number of rotatable bonds is 20. The number of unbranched alkanes of at least 4 members (excludes halogenated alkanes) is 4. The zero-order valence-corrected chi connectivity index (χ0v) is 26.9. The number of phosphoric ester groups is 2. The Labute approximate surface area is 252 Å². The number of carbonyl (C=O) groups is 2.